The minimum absolute atomic E-state index is 0.0328. The van der Waals surface area contributed by atoms with Gasteiger partial charge in [-0.25, -0.2) is 0 Å². The Labute approximate surface area is 117 Å². The van der Waals surface area contributed by atoms with E-state index in [1.807, 2.05) is 43.3 Å². The predicted molar refractivity (Wildman–Crippen MR) is 79.7 cm³/mol. The van der Waals surface area contributed by atoms with Gasteiger partial charge in [0.1, 0.15) is 0 Å². The molecule has 19 heavy (non-hydrogen) atoms. The molecule has 2 aromatic rings. The van der Waals surface area contributed by atoms with Crippen molar-refractivity contribution in [3.8, 4) is 0 Å². The first-order chi connectivity index (χ1) is 9.15. The number of anilines is 1. The average molecular weight is 272 g/mol. The Morgan fingerprint density at radius 2 is 1.89 bits per heavy atom. The van der Waals surface area contributed by atoms with E-state index >= 15 is 0 Å². The smallest absolute Gasteiger partial charge is 0.187 e. The monoisotopic (exact) mass is 271 g/mol. The Hall–Kier alpha value is -2.06. The van der Waals surface area contributed by atoms with E-state index in [2.05, 4.69) is 5.32 Å². The summed E-state index contributed by atoms with van der Waals surface area (Å²) in [5.74, 6) is -0.0328. The van der Waals surface area contributed by atoms with Gasteiger partial charge < -0.3 is 5.32 Å². The molecule has 0 saturated carbocycles. The minimum Gasteiger partial charge on any atom is -0.362 e. The Morgan fingerprint density at radius 3 is 2.58 bits per heavy atom. The maximum Gasteiger partial charge on any atom is 0.187 e. The number of nitrogens with one attached hydrogen (secondary N) is 1. The number of carbonyl (C=O) groups is 1. The van der Waals surface area contributed by atoms with Gasteiger partial charge in [-0.05, 0) is 25.1 Å². The van der Waals surface area contributed by atoms with Crippen LogP contribution in [0.5, 0.6) is 0 Å². The van der Waals surface area contributed by atoms with Crippen LogP contribution in [-0.2, 0) is 0 Å². The fourth-order valence-electron chi connectivity index (χ4n) is 1.61. The Balaban J connectivity index is 1.99. The van der Waals surface area contributed by atoms with E-state index in [0.717, 1.165) is 11.3 Å². The van der Waals surface area contributed by atoms with E-state index < -0.39 is 0 Å². The maximum atomic E-state index is 11.9. The SMILES string of the molecule is Cc1ccc(C(=O)/C=C/Nc2cccc(Cl)c2)cc1. The summed E-state index contributed by atoms with van der Waals surface area (Å²) >= 11 is 5.87. The van der Waals surface area contributed by atoms with Crippen molar-refractivity contribution in [3.05, 3.63) is 77.0 Å². The highest BCUT2D eigenvalue weighted by Gasteiger charge is 2.00. The molecule has 0 aliphatic heterocycles. The van der Waals surface area contributed by atoms with Gasteiger partial charge in [0, 0.05) is 28.5 Å². The first kappa shape index (κ1) is 13.4. The van der Waals surface area contributed by atoms with Crippen LogP contribution in [0.25, 0.3) is 0 Å². The standard InChI is InChI=1S/C16H14ClNO/c1-12-5-7-13(8-6-12)16(19)9-10-18-15-4-2-3-14(17)11-15/h2-11,18H,1H3/b10-9+. The molecule has 2 nitrogen and oxygen atoms in total. The molecular weight excluding hydrogens is 258 g/mol. The number of aryl methyl sites for hydroxylation is 1. The molecule has 0 bridgehead atoms. The molecule has 2 rings (SSSR count). The van der Waals surface area contributed by atoms with Crippen molar-refractivity contribution in [1.82, 2.24) is 0 Å². The number of halogens is 1. The minimum atomic E-state index is -0.0328. The molecule has 0 aliphatic rings. The number of rotatable bonds is 4. The molecule has 0 heterocycles. The van der Waals surface area contributed by atoms with Crippen LogP contribution in [0, 0.1) is 6.92 Å². The Morgan fingerprint density at radius 1 is 1.16 bits per heavy atom. The second kappa shape index (κ2) is 6.21. The molecule has 0 aromatic heterocycles. The van der Waals surface area contributed by atoms with Crippen molar-refractivity contribution in [3.63, 3.8) is 0 Å². The summed E-state index contributed by atoms with van der Waals surface area (Å²) in [5.41, 5.74) is 2.66. The summed E-state index contributed by atoms with van der Waals surface area (Å²) in [6.45, 7) is 1.99. The van der Waals surface area contributed by atoms with Crippen molar-refractivity contribution in [1.29, 1.82) is 0 Å². The number of allylic oxidation sites excluding steroid dienone is 1. The van der Waals surface area contributed by atoms with Crippen LogP contribution in [-0.4, -0.2) is 5.78 Å². The van der Waals surface area contributed by atoms with Gasteiger partial charge in [0.25, 0.3) is 0 Å². The fraction of sp³-hybridized carbons (Fsp3) is 0.0625. The summed E-state index contributed by atoms with van der Waals surface area (Å²) in [4.78, 5) is 11.9. The Kier molecular flexibility index (Phi) is 4.37. The third kappa shape index (κ3) is 3.97. The molecule has 0 saturated heterocycles. The number of benzene rings is 2. The zero-order valence-electron chi connectivity index (χ0n) is 10.6. The molecule has 0 fully saturated rings. The zero-order valence-corrected chi connectivity index (χ0v) is 11.3. The van der Waals surface area contributed by atoms with Crippen LogP contribution in [0.3, 0.4) is 0 Å². The molecule has 0 atom stereocenters. The lowest BCUT2D eigenvalue weighted by molar-refractivity contribution is 0.104. The van der Waals surface area contributed by atoms with Gasteiger partial charge in [-0.2, -0.15) is 0 Å². The summed E-state index contributed by atoms with van der Waals surface area (Å²) in [6, 6.07) is 14.8. The van der Waals surface area contributed by atoms with Crippen molar-refractivity contribution < 1.29 is 4.79 Å². The normalized spacial score (nSPS) is 10.6. The van der Waals surface area contributed by atoms with Gasteiger partial charge in [0.05, 0.1) is 0 Å². The van der Waals surface area contributed by atoms with Crippen LogP contribution >= 0.6 is 11.6 Å². The van der Waals surface area contributed by atoms with E-state index in [9.17, 15) is 4.79 Å². The highest BCUT2D eigenvalue weighted by Crippen LogP contribution is 2.14. The van der Waals surface area contributed by atoms with Gasteiger partial charge >= 0.3 is 0 Å². The van der Waals surface area contributed by atoms with E-state index in [1.54, 1.807) is 18.3 Å². The number of hydrogen-bond acceptors (Lipinski definition) is 2. The summed E-state index contributed by atoms with van der Waals surface area (Å²) in [5, 5.41) is 3.67. The van der Waals surface area contributed by atoms with Gasteiger partial charge in [-0.15, -0.1) is 0 Å². The van der Waals surface area contributed by atoms with E-state index in [1.165, 1.54) is 6.08 Å². The number of carbonyl (C=O) groups excluding carboxylic acids is 1. The summed E-state index contributed by atoms with van der Waals surface area (Å²) < 4.78 is 0. The van der Waals surface area contributed by atoms with Gasteiger partial charge in [0.2, 0.25) is 0 Å². The van der Waals surface area contributed by atoms with Gasteiger partial charge in [0.15, 0.2) is 5.78 Å². The van der Waals surface area contributed by atoms with Gasteiger partial charge in [-0.3, -0.25) is 4.79 Å². The van der Waals surface area contributed by atoms with E-state index in [0.29, 0.717) is 10.6 Å². The first-order valence-corrected chi connectivity index (χ1v) is 6.32. The van der Waals surface area contributed by atoms with Crippen LogP contribution in [0.4, 0.5) is 5.69 Å². The highest BCUT2D eigenvalue weighted by atomic mass is 35.5. The molecule has 0 amide bonds. The largest absolute Gasteiger partial charge is 0.362 e. The molecule has 0 unspecified atom stereocenters. The fourth-order valence-corrected chi connectivity index (χ4v) is 1.80. The molecule has 3 heteroatoms. The molecule has 96 valence electrons. The van der Waals surface area contributed by atoms with E-state index in [-0.39, 0.29) is 5.78 Å². The molecule has 0 aliphatic carbocycles. The topological polar surface area (TPSA) is 29.1 Å². The van der Waals surface area contributed by atoms with Crippen LogP contribution < -0.4 is 5.32 Å². The van der Waals surface area contributed by atoms with Crippen LogP contribution in [0.1, 0.15) is 15.9 Å². The lowest BCUT2D eigenvalue weighted by atomic mass is 10.1. The number of ketones is 1. The van der Waals surface area contributed by atoms with Crippen LogP contribution in [0.2, 0.25) is 5.02 Å². The molecule has 0 radical (unpaired) electrons. The number of hydrogen-bond donors (Lipinski definition) is 1. The lowest BCUT2D eigenvalue weighted by Gasteiger charge is -2.00. The average Bonchev–Trinajstić information content (AvgIpc) is 2.39. The second-order valence-electron chi connectivity index (χ2n) is 4.22. The summed E-state index contributed by atoms with van der Waals surface area (Å²) in [6.07, 6.45) is 3.12. The first-order valence-electron chi connectivity index (χ1n) is 5.95. The highest BCUT2D eigenvalue weighted by molar-refractivity contribution is 6.30. The molecular formula is C16H14ClNO. The van der Waals surface area contributed by atoms with Crippen molar-refractivity contribution >= 4 is 23.1 Å². The van der Waals surface area contributed by atoms with Gasteiger partial charge in [-0.1, -0.05) is 47.5 Å². The zero-order chi connectivity index (χ0) is 13.7. The molecule has 0 spiro atoms. The van der Waals surface area contributed by atoms with Crippen molar-refractivity contribution in [2.45, 2.75) is 6.92 Å². The van der Waals surface area contributed by atoms with Crippen LogP contribution in [0.15, 0.2) is 60.8 Å². The molecule has 2 aromatic carbocycles. The molecule has 1 N–H and O–H groups in total. The van der Waals surface area contributed by atoms with Crippen molar-refractivity contribution in [2.75, 3.05) is 5.32 Å². The third-order valence-corrected chi connectivity index (χ3v) is 2.88. The summed E-state index contributed by atoms with van der Waals surface area (Å²) in [7, 11) is 0. The lowest BCUT2D eigenvalue weighted by Crippen LogP contribution is -1.96. The third-order valence-electron chi connectivity index (χ3n) is 2.65. The predicted octanol–water partition coefficient (Wildman–Crippen LogP) is 4.46. The quantitative estimate of drug-likeness (QED) is 0.657. The van der Waals surface area contributed by atoms with E-state index in [4.69, 9.17) is 11.6 Å². The maximum absolute atomic E-state index is 11.9. The Bertz CT molecular complexity index is 602. The van der Waals surface area contributed by atoms with Crippen molar-refractivity contribution in [2.24, 2.45) is 0 Å². The second-order valence-corrected chi connectivity index (χ2v) is 4.65.